The second-order valence-electron chi connectivity index (χ2n) is 22.2. The van der Waals surface area contributed by atoms with E-state index in [-0.39, 0.29) is 50.7 Å². The van der Waals surface area contributed by atoms with Gasteiger partial charge in [-0.2, -0.15) is 0 Å². The van der Waals surface area contributed by atoms with Crippen molar-refractivity contribution < 1.29 is 62.8 Å². The summed E-state index contributed by atoms with van der Waals surface area (Å²) < 4.78 is 48.6. The van der Waals surface area contributed by atoms with Crippen LogP contribution >= 0.6 is 11.6 Å². The van der Waals surface area contributed by atoms with Crippen LogP contribution < -0.4 is 29.6 Å². The van der Waals surface area contributed by atoms with Crippen LogP contribution in [0, 0.1) is 0 Å². The molecule has 0 radical (unpaired) electrons. The molecule has 2 aliphatic heterocycles. The number of aromatic nitrogens is 8. The fraction of sp³-hybridized carbons (Fsp3) is 0.260. The summed E-state index contributed by atoms with van der Waals surface area (Å²) in [6.07, 6.45) is 0.166. The van der Waals surface area contributed by atoms with Crippen LogP contribution in [0.2, 0.25) is 0 Å². The number of nitrogens with one attached hydrogen (secondary N) is 2. The van der Waals surface area contributed by atoms with E-state index >= 15 is 0 Å². The van der Waals surface area contributed by atoms with Crippen molar-refractivity contribution in [2.24, 2.45) is 0 Å². The maximum absolute atomic E-state index is 12.7. The molecule has 4 aromatic heterocycles. The van der Waals surface area contributed by atoms with Gasteiger partial charge in [0.05, 0.1) is 67.0 Å². The molecule has 5 N–H and O–H groups in total. The quantitative estimate of drug-likeness (QED) is 0.0330. The standard InChI is InChI=1S/C26H27N5O5.C25H25N5O6.C21H19ClO2.CH4/c1-3-19-21(32)22(35-13-16-9-11-18(34-2)12-10-16)26(36-19)31-15-29-20-23(27-14-28-24(20)31)30-25(33)17-7-5-4-6-8-17;1-34-17-9-7-15(8-10-17)12-35-21-20(32)18(11-31)36-25(21)30-14-28-19-22(26-13-27-23(19)30)29-24(33)16-5-3-2-4-6-16;1-23-19-12-8-17(9-13-19)21(22,16-6-4-3-5-7-16)18-10-14-20(24-2)15-11-18;/h4-12,14-15,19,21-22,26,32H,3,13H2,1-2H3,(H,27,28,30,33);2-10,13-14,18,20-21,25,31-32H,11-12H2,1H3,(H,26,27,29,33);3-15H,1-2H3;1H4/t19-,21-,22-,26-;18-,20-,21-,25-;;/m11../s1. The number of anilines is 2. The summed E-state index contributed by atoms with van der Waals surface area (Å²) in [7, 11) is 6.52. The SMILES string of the molecule is C.CC[C@H]1O[C@@H](n2cnc3c(NC(=O)c4ccccc4)ncnc32)[C@H](OCc2ccc(OC)cc2)[C@@H]1O.COc1ccc(C(Cl)(c2ccccc2)c2ccc(OC)cc2)cc1.COc1ccc(CO[C@@H]2[C@H](O)[C@@H](CO)O[C@H]2n2cnc3c(NC(=O)c4ccccc4)ncnc32)cc1. The highest BCUT2D eigenvalue weighted by Crippen LogP contribution is 2.44. The molecule has 0 aliphatic carbocycles. The zero-order chi connectivity index (χ0) is 67.1. The number of nitrogens with zero attached hydrogens (tertiary/aromatic N) is 8. The maximum Gasteiger partial charge on any atom is 0.256 e. The van der Waals surface area contributed by atoms with Crippen LogP contribution in [0.15, 0.2) is 213 Å². The van der Waals surface area contributed by atoms with Crippen molar-refractivity contribution in [3.05, 3.63) is 252 Å². The first kappa shape index (κ1) is 69.6. The Hall–Kier alpha value is -10.2. The number of carbonyl (C=O) groups excluding carboxylic acids is 2. The molecule has 502 valence electrons. The number of aliphatic hydroxyl groups is 3. The number of fused-ring (bicyclic) bond motifs is 2. The van der Waals surface area contributed by atoms with Crippen LogP contribution in [0.1, 0.15) is 81.8 Å². The van der Waals surface area contributed by atoms with Crippen LogP contribution in [0.5, 0.6) is 23.0 Å². The molecule has 7 aromatic carbocycles. The molecule has 0 spiro atoms. The highest BCUT2D eigenvalue weighted by Gasteiger charge is 2.47. The number of methoxy groups -OCH3 is 4. The van der Waals surface area contributed by atoms with Gasteiger partial charge in [-0.3, -0.25) is 18.7 Å². The lowest BCUT2D eigenvalue weighted by molar-refractivity contribution is -0.0761. The number of rotatable bonds is 21. The first-order valence-corrected chi connectivity index (χ1v) is 31.1. The van der Waals surface area contributed by atoms with Gasteiger partial charge >= 0.3 is 0 Å². The van der Waals surface area contributed by atoms with Gasteiger partial charge < -0.3 is 63.8 Å². The first-order chi connectivity index (χ1) is 46.8. The maximum atomic E-state index is 12.7. The van der Waals surface area contributed by atoms with E-state index < -0.39 is 54.0 Å². The molecule has 97 heavy (non-hydrogen) atoms. The topological polar surface area (TPSA) is 280 Å². The van der Waals surface area contributed by atoms with Crippen molar-refractivity contribution in [1.82, 2.24) is 39.0 Å². The molecule has 8 atom stereocenters. The van der Waals surface area contributed by atoms with E-state index in [1.54, 1.807) is 92.4 Å². The number of alkyl halides is 1. The Kier molecular flexibility index (Phi) is 23.3. The van der Waals surface area contributed by atoms with Gasteiger partial charge in [-0.15, -0.1) is 11.6 Å². The molecule has 23 nitrogen and oxygen atoms in total. The van der Waals surface area contributed by atoms with Crippen molar-refractivity contribution in [2.45, 2.75) is 87.9 Å². The molecule has 24 heteroatoms. The molecule has 13 rings (SSSR count). The lowest BCUT2D eigenvalue weighted by atomic mass is 9.84. The van der Waals surface area contributed by atoms with Crippen LogP contribution in [0.4, 0.5) is 11.6 Å². The van der Waals surface area contributed by atoms with E-state index in [0.29, 0.717) is 39.9 Å². The van der Waals surface area contributed by atoms with Gasteiger partial charge in [0.25, 0.3) is 11.8 Å². The monoisotopic (exact) mass is 1330 g/mol. The molecule has 6 heterocycles. The van der Waals surface area contributed by atoms with E-state index in [1.807, 2.05) is 146 Å². The van der Waals surface area contributed by atoms with Crippen LogP contribution in [-0.4, -0.2) is 138 Å². The van der Waals surface area contributed by atoms with Crippen molar-refractivity contribution in [3.63, 3.8) is 0 Å². The van der Waals surface area contributed by atoms with Gasteiger partial charge in [-0.05, 0) is 107 Å². The highest BCUT2D eigenvalue weighted by atomic mass is 35.5. The predicted molar refractivity (Wildman–Crippen MR) is 365 cm³/mol. The molecular formula is C73H75ClN10O13. The number of hydrogen-bond donors (Lipinski definition) is 5. The summed E-state index contributed by atoms with van der Waals surface area (Å²) in [4.78, 5) is 50.5. The third-order valence-corrected chi connectivity index (χ3v) is 17.0. The highest BCUT2D eigenvalue weighted by molar-refractivity contribution is 6.28. The summed E-state index contributed by atoms with van der Waals surface area (Å²) >= 11 is 7.22. The van der Waals surface area contributed by atoms with E-state index in [2.05, 4.69) is 40.5 Å². The average Bonchev–Trinajstić information content (AvgIpc) is 1.28. The summed E-state index contributed by atoms with van der Waals surface area (Å²) in [5.41, 5.74) is 7.37. The largest absolute Gasteiger partial charge is 0.497 e. The van der Waals surface area contributed by atoms with Gasteiger partial charge in [0.15, 0.2) is 46.4 Å². The zero-order valence-electron chi connectivity index (χ0n) is 53.0. The zero-order valence-corrected chi connectivity index (χ0v) is 53.8. The smallest absolute Gasteiger partial charge is 0.256 e. The Bertz CT molecular complexity index is 4060. The fourth-order valence-corrected chi connectivity index (χ4v) is 11.5. The van der Waals surface area contributed by atoms with Gasteiger partial charge in [-0.1, -0.05) is 130 Å². The van der Waals surface area contributed by atoms with Crippen molar-refractivity contribution in [1.29, 1.82) is 0 Å². The lowest BCUT2D eigenvalue weighted by Crippen LogP contribution is -2.35. The Morgan fingerprint density at radius 1 is 0.495 bits per heavy atom. The number of halogens is 1. The van der Waals surface area contributed by atoms with Crippen LogP contribution in [0.3, 0.4) is 0 Å². The number of aliphatic hydroxyl groups excluding tert-OH is 3. The van der Waals surface area contributed by atoms with E-state index in [4.69, 9.17) is 49.5 Å². The number of benzene rings is 7. The molecule has 2 saturated heterocycles. The second kappa shape index (κ2) is 32.5. The van der Waals surface area contributed by atoms with Crippen LogP contribution in [-0.2, 0) is 37.0 Å². The second-order valence-corrected chi connectivity index (χ2v) is 22.7. The fourth-order valence-electron chi connectivity index (χ4n) is 11.2. The summed E-state index contributed by atoms with van der Waals surface area (Å²) in [5, 5.41) is 37.0. The Morgan fingerprint density at radius 2 is 0.845 bits per heavy atom. The average molecular weight is 1340 g/mol. The minimum Gasteiger partial charge on any atom is -0.497 e. The van der Waals surface area contributed by atoms with Gasteiger partial charge in [0.1, 0.15) is 71.0 Å². The summed E-state index contributed by atoms with van der Waals surface area (Å²) in [6.45, 7) is 2.04. The van der Waals surface area contributed by atoms with Gasteiger partial charge in [0.2, 0.25) is 0 Å². The van der Waals surface area contributed by atoms with E-state index in [0.717, 1.165) is 50.8 Å². The normalized spacial score (nSPS) is 18.7. The Balaban J connectivity index is 0.000000161. The number of imidazole rings is 2. The van der Waals surface area contributed by atoms with E-state index in [9.17, 15) is 24.9 Å². The number of hydrogen-bond acceptors (Lipinski definition) is 19. The number of ether oxygens (including phenoxy) is 8. The molecule has 0 unspecified atom stereocenters. The van der Waals surface area contributed by atoms with Crippen molar-refractivity contribution >= 4 is 57.4 Å². The number of amides is 2. The molecule has 2 fully saturated rings. The summed E-state index contributed by atoms with van der Waals surface area (Å²) in [6, 6.07) is 58.3. The minimum atomic E-state index is -1.09. The first-order valence-electron chi connectivity index (χ1n) is 30.7. The third-order valence-electron chi connectivity index (χ3n) is 16.4. The molecular weight excluding hydrogens is 1260 g/mol. The Morgan fingerprint density at radius 3 is 1.22 bits per heavy atom. The van der Waals surface area contributed by atoms with Gasteiger partial charge in [0, 0.05) is 11.1 Å². The lowest BCUT2D eigenvalue weighted by Gasteiger charge is -2.29. The molecule has 0 bridgehead atoms. The Labute approximate surface area is 565 Å². The van der Waals surface area contributed by atoms with E-state index in [1.165, 1.54) is 19.0 Å². The predicted octanol–water partition coefficient (Wildman–Crippen LogP) is 11.1. The van der Waals surface area contributed by atoms with Crippen molar-refractivity contribution in [3.8, 4) is 23.0 Å². The number of carbonyl (C=O) groups is 2. The summed E-state index contributed by atoms with van der Waals surface area (Å²) in [5.74, 6) is 2.98. The van der Waals surface area contributed by atoms with Crippen molar-refractivity contribution in [2.75, 3.05) is 45.7 Å². The minimum absolute atomic E-state index is 0. The van der Waals surface area contributed by atoms with Gasteiger partial charge in [-0.25, -0.2) is 29.9 Å². The molecule has 2 amide bonds. The molecule has 0 saturated carbocycles. The third kappa shape index (κ3) is 15.7. The molecule has 2 aliphatic rings. The van der Waals surface area contributed by atoms with Crippen LogP contribution in [0.25, 0.3) is 22.3 Å². The molecule has 11 aromatic rings.